The highest BCUT2D eigenvalue weighted by Crippen LogP contribution is 2.29. The largest absolute Gasteiger partial charge is 0.376 e. The molecule has 1 aliphatic rings. The van der Waals surface area contributed by atoms with Gasteiger partial charge in [0, 0.05) is 19.4 Å². The molecule has 1 fully saturated rings. The summed E-state index contributed by atoms with van der Waals surface area (Å²) >= 11 is 0. The van der Waals surface area contributed by atoms with Gasteiger partial charge in [0.05, 0.1) is 18.8 Å². The lowest BCUT2D eigenvalue weighted by atomic mass is 9.88. The maximum Gasteiger partial charge on any atom is 0.135 e. The van der Waals surface area contributed by atoms with Crippen LogP contribution in [0.2, 0.25) is 0 Å². The molecule has 0 aromatic heterocycles. The third-order valence-corrected chi connectivity index (χ3v) is 6.25. The second-order valence-corrected chi connectivity index (χ2v) is 9.83. The molecule has 1 saturated heterocycles. The molecule has 1 unspecified atom stereocenters. The van der Waals surface area contributed by atoms with E-state index in [1.54, 1.807) is 0 Å². The van der Waals surface area contributed by atoms with Crippen molar-refractivity contribution in [2.45, 2.75) is 104 Å². The summed E-state index contributed by atoms with van der Waals surface area (Å²) in [4.78, 5) is 12.5. The highest BCUT2D eigenvalue weighted by atomic mass is 16.5. The molecule has 1 heterocycles. The Morgan fingerprint density at radius 2 is 1.87 bits per heavy atom. The smallest absolute Gasteiger partial charge is 0.135 e. The molecule has 0 aliphatic carbocycles. The zero-order valence-electron chi connectivity index (χ0n) is 19.8. The first-order chi connectivity index (χ1) is 14.5. The minimum Gasteiger partial charge on any atom is -0.376 e. The van der Waals surface area contributed by atoms with Crippen molar-refractivity contribution in [1.29, 1.82) is 0 Å². The van der Waals surface area contributed by atoms with Gasteiger partial charge in [0.25, 0.3) is 0 Å². The minimum absolute atomic E-state index is 0.150. The summed E-state index contributed by atoms with van der Waals surface area (Å²) in [6.45, 7) is 10.6. The van der Waals surface area contributed by atoms with E-state index in [1.165, 1.54) is 5.56 Å². The summed E-state index contributed by atoms with van der Waals surface area (Å²) < 4.78 is 12.1. The van der Waals surface area contributed by atoms with Gasteiger partial charge in [0.2, 0.25) is 0 Å². The van der Waals surface area contributed by atoms with E-state index in [9.17, 15) is 4.79 Å². The van der Waals surface area contributed by atoms with Crippen LogP contribution in [-0.4, -0.2) is 24.6 Å². The van der Waals surface area contributed by atoms with E-state index >= 15 is 0 Å². The van der Waals surface area contributed by atoms with Crippen LogP contribution in [0, 0.1) is 17.8 Å². The number of ether oxygens (including phenoxy) is 2. The quantitative estimate of drug-likeness (QED) is 0.328. The van der Waals surface area contributed by atoms with Gasteiger partial charge in [-0.2, -0.15) is 0 Å². The van der Waals surface area contributed by atoms with Crippen molar-refractivity contribution < 1.29 is 14.3 Å². The Morgan fingerprint density at radius 1 is 1.13 bits per heavy atom. The fraction of sp³-hybridized carbons (Fsp3) is 0.741. The second kappa shape index (κ2) is 14.0. The van der Waals surface area contributed by atoms with Crippen LogP contribution in [0.3, 0.4) is 0 Å². The van der Waals surface area contributed by atoms with Crippen LogP contribution in [0.25, 0.3) is 0 Å². The van der Waals surface area contributed by atoms with Gasteiger partial charge in [-0.15, -0.1) is 0 Å². The number of Topliss-reactive ketones (excluding diaryl/α,β-unsaturated/α-hetero) is 1. The predicted molar refractivity (Wildman–Crippen MR) is 124 cm³/mol. The Morgan fingerprint density at radius 3 is 2.60 bits per heavy atom. The first-order valence-corrected chi connectivity index (χ1v) is 12.2. The number of carbonyl (C=O) groups is 1. The molecule has 170 valence electrons. The van der Waals surface area contributed by atoms with Gasteiger partial charge in [-0.05, 0) is 55.4 Å². The van der Waals surface area contributed by atoms with Crippen LogP contribution in [0.5, 0.6) is 0 Å². The van der Waals surface area contributed by atoms with Gasteiger partial charge in [-0.1, -0.05) is 70.9 Å². The van der Waals surface area contributed by atoms with Crippen molar-refractivity contribution in [2.24, 2.45) is 17.8 Å². The normalized spacial score (nSPS) is 23.8. The van der Waals surface area contributed by atoms with Crippen molar-refractivity contribution in [3.05, 3.63) is 35.9 Å². The van der Waals surface area contributed by atoms with Gasteiger partial charge >= 0.3 is 0 Å². The van der Waals surface area contributed by atoms with E-state index in [-0.39, 0.29) is 6.10 Å². The Kier molecular flexibility index (Phi) is 11.7. The molecule has 1 aromatic carbocycles. The summed E-state index contributed by atoms with van der Waals surface area (Å²) in [5.74, 6) is 2.24. The van der Waals surface area contributed by atoms with Crippen LogP contribution in [-0.2, 0) is 20.9 Å². The SMILES string of the molecule is CCC[C@@H]1C[C@H](C)CC(CC(=O)CCC[C@@H](C)C[C@@H](C)COCc2ccccc2)O1. The second-order valence-electron chi connectivity index (χ2n) is 9.83. The third-order valence-electron chi connectivity index (χ3n) is 6.25. The van der Waals surface area contributed by atoms with Crippen LogP contribution in [0.4, 0.5) is 0 Å². The van der Waals surface area contributed by atoms with Crippen molar-refractivity contribution in [2.75, 3.05) is 6.61 Å². The van der Waals surface area contributed by atoms with Crippen LogP contribution >= 0.6 is 0 Å². The molecule has 1 aliphatic heterocycles. The molecule has 3 nitrogen and oxygen atoms in total. The first-order valence-electron chi connectivity index (χ1n) is 12.2. The maximum absolute atomic E-state index is 12.5. The third kappa shape index (κ3) is 10.2. The molecule has 0 bridgehead atoms. The van der Waals surface area contributed by atoms with Crippen LogP contribution in [0.15, 0.2) is 30.3 Å². The lowest BCUT2D eigenvalue weighted by molar-refractivity contribution is -0.127. The molecule has 1 aromatic rings. The van der Waals surface area contributed by atoms with Gasteiger partial charge in [0.15, 0.2) is 0 Å². The topological polar surface area (TPSA) is 35.5 Å². The highest BCUT2D eigenvalue weighted by molar-refractivity contribution is 5.78. The van der Waals surface area contributed by atoms with E-state index in [1.807, 2.05) is 6.07 Å². The monoisotopic (exact) mass is 416 g/mol. The van der Waals surface area contributed by atoms with E-state index < -0.39 is 0 Å². The van der Waals surface area contributed by atoms with Crippen molar-refractivity contribution in [3.8, 4) is 0 Å². The Balaban J connectivity index is 1.55. The number of benzene rings is 1. The summed E-state index contributed by atoms with van der Waals surface area (Å²) in [7, 11) is 0. The predicted octanol–water partition coefficient (Wildman–Crippen LogP) is 6.98. The number of carbonyl (C=O) groups excluding carboxylic acids is 1. The summed E-state index contributed by atoms with van der Waals surface area (Å²) in [5.41, 5.74) is 1.23. The Labute approximate surface area is 184 Å². The minimum atomic E-state index is 0.150. The van der Waals surface area contributed by atoms with Gasteiger partial charge < -0.3 is 9.47 Å². The zero-order chi connectivity index (χ0) is 21.8. The molecule has 0 amide bonds. The molecule has 2 rings (SSSR count). The standard InChI is InChI=1S/C27H44O3/c1-5-10-26-16-22(3)17-27(30-26)18-25(28)14-9-11-21(2)15-23(4)19-29-20-24-12-7-6-8-13-24/h6-8,12-13,21-23,26-27H,5,9-11,14-20H2,1-4H3/t21-,22+,23-,26-,27?/m1/s1. The Hall–Kier alpha value is -1.19. The zero-order valence-corrected chi connectivity index (χ0v) is 19.8. The Bertz CT molecular complexity index is 585. The van der Waals surface area contributed by atoms with Gasteiger partial charge in [-0.3, -0.25) is 4.79 Å². The number of rotatable bonds is 14. The molecule has 0 N–H and O–H groups in total. The average molecular weight is 417 g/mol. The van der Waals surface area contributed by atoms with E-state index in [2.05, 4.69) is 52.0 Å². The molecular weight excluding hydrogens is 372 g/mol. The van der Waals surface area contributed by atoms with Gasteiger partial charge in [-0.25, -0.2) is 0 Å². The lowest BCUT2D eigenvalue weighted by Gasteiger charge is -2.33. The maximum atomic E-state index is 12.5. The van der Waals surface area contributed by atoms with Crippen LogP contribution < -0.4 is 0 Å². The first kappa shape index (κ1) is 25.1. The molecule has 3 heteroatoms. The van der Waals surface area contributed by atoms with Gasteiger partial charge in [0.1, 0.15) is 5.78 Å². The van der Waals surface area contributed by atoms with Crippen LogP contribution in [0.1, 0.15) is 91.0 Å². The molecule has 0 spiro atoms. The fourth-order valence-corrected chi connectivity index (χ4v) is 4.85. The average Bonchev–Trinajstić information content (AvgIpc) is 2.68. The highest BCUT2D eigenvalue weighted by Gasteiger charge is 2.27. The van der Waals surface area contributed by atoms with E-state index in [4.69, 9.17) is 9.47 Å². The van der Waals surface area contributed by atoms with E-state index in [0.717, 1.165) is 51.6 Å². The van der Waals surface area contributed by atoms with E-state index in [0.29, 0.717) is 49.1 Å². The van der Waals surface area contributed by atoms with Crippen molar-refractivity contribution in [3.63, 3.8) is 0 Å². The van der Waals surface area contributed by atoms with Crippen molar-refractivity contribution >= 4 is 5.78 Å². The lowest BCUT2D eigenvalue weighted by Crippen LogP contribution is -2.33. The number of hydrogen-bond acceptors (Lipinski definition) is 3. The molecule has 5 atom stereocenters. The summed E-state index contributed by atoms with van der Waals surface area (Å²) in [6.07, 6.45) is 9.59. The fourth-order valence-electron chi connectivity index (χ4n) is 4.85. The number of hydrogen-bond donors (Lipinski definition) is 0. The van der Waals surface area contributed by atoms with Crippen molar-refractivity contribution in [1.82, 2.24) is 0 Å². The summed E-state index contributed by atoms with van der Waals surface area (Å²) in [6, 6.07) is 10.3. The summed E-state index contributed by atoms with van der Waals surface area (Å²) in [5, 5.41) is 0. The molecule has 30 heavy (non-hydrogen) atoms. The molecule has 0 saturated carbocycles. The number of ketones is 1. The molecular formula is C27H44O3. The molecule has 0 radical (unpaired) electrons.